The molecular weight excluding hydrogens is 981 g/mol. The molecule has 8 aromatic heterocycles. The number of hydrogen-bond donors (Lipinski definition) is 0. The fourth-order valence-corrected chi connectivity index (χ4v) is 17.6. The normalized spacial score (nSPS) is 13.7. The largest absolute Gasteiger partial charge is 0.338 e. The van der Waals surface area contributed by atoms with Crippen molar-refractivity contribution in [1.29, 1.82) is 0 Å². The minimum atomic E-state index is -0.260. The van der Waals surface area contributed by atoms with Crippen LogP contribution in [0.3, 0.4) is 0 Å². The average molecular weight is 1040 g/mol. The van der Waals surface area contributed by atoms with E-state index in [1.54, 1.807) is 68.8 Å². The number of aromatic nitrogens is 5. The second-order valence-electron chi connectivity index (χ2n) is 18.7. The van der Waals surface area contributed by atoms with Gasteiger partial charge in [-0.1, -0.05) is 112 Å². The molecule has 0 fully saturated rings. The number of benzene rings is 2. The maximum Gasteiger partial charge on any atom is 0.134 e. The number of thiophene rings is 5. The molecule has 10 rings (SSSR count). The summed E-state index contributed by atoms with van der Waals surface area (Å²) in [4.78, 5) is 6.54. The third-order valence-corrected chi connectivity index (χ3v) is 21.3. The van der Waals surface area contributed by atoms with E-state index in [-0.39, 0.29) is 11.6 Å². The van der Waals surface area contributed by atoms with Crippen LogP contribution in [0.2, 0.25) is 0 Å². The second-order valence-corrected chi connectivity index (χ2v) is 25.2. The van der Waals surface area contributed by atoms with Crippen LogP contribution < -0.4 is 0 Å². The fraction of sp³-hybridized carbons (Fsp3) is 0.444. The Morgan fingerprint density at radius 3 is 1.50 bits per heavy atom. The highest BCUT2D eigenvalue weighted by Crippen LogP contribution is 2.52. The summed E-state index contributed by atoms with van der Waals surface area (Å²) in [7, 11) is 0. The van der Waals surface area contributed by atoms with Crippen molar-refractivity contribution in [3.63, 3.8) is 0 Å². The minimum Gasteiger partial charge on any atom is -0.338 e. The van der Waals surface area contributed by atoms with Gasteiger partial charge in [-0.3, -0.25) is 0 Å². The van der Waals surface area contributed by atoms with Gasteiger partial charge in [-0.15, -0.1) is 56.7 Å². The quantitative estimate of drug-likeness (QED) is 0.0679. The Bertz CT molecular complexity index is 3330. The summed E-state index contributed by atoms with van der Waals surface area (Å²) in [6, 6.07) is 16.5. The summed E-state index contributed by atoms with van der Waals surface area (Å²) in [5.74, 6) is 1.30. The number of rotatable bonds is 22. The third-order valence-electron chi connectivity index (χ3n) is 14.2. The van der Waals surface area contributed by atoms with Gasteiger partial charge in [0.25, 0.3) is 0 Å². The third kappa shape index (κ3) is 9.18. The zero-order valence-electron chi connectivity index (χ0n) is 39.8. The van der Waals surface area contributed by atoms with Gasteiger partial charge in [0.05, 0.1) is 59.7 Å². The van der Waals surface area contributed by atoms with Crippen LogP contribution in [0.25, 0.3) is 93.7 Å². The SMILES string of the molecule is CCCCC(CC)Cc1ccc(-c2cc(F)c(-c3cc4c(s3)c3sc5cc(-c6c(F)cc(-c7ccc(CC(CC)CCCC)s7)c7nsnc67)sc5c3n4CC(CC)CCCC)c3nsnc23)s1. The number of halogens is 2. The van der Waals surface area contributed by atoms with Crippen molar-refractivity contribution >= 4 is 132 Å². The van der Waals surface area contributed by atoms with Crippen LogP contribution >= 0.6 is 80.1 Å². The van der Waals surface area contributed by atoms with Crippen molar-refractivity contribution in [3.8, 4) is 41.8 Å². The zero-order valence-corrected chi connectivity index (χ0v) is 45.5. The van der Waals surface area contributed by atoms with Gasteiger partial charge in [-0.05, 0) is 85.5 Å². The molecule has 0 saturated carbocycles. The van der Waals surface area contributed by atoms with Crippen LogP contribution in [-0.4, -0.2) is 22.1 Å². The molecule has 0 amide bonds. The van der Waals surface area contributed by atoms with E-state index in [2.05, 4.69) is 82.5 Å². The second kappa shape index (κ2) is 21.1. The van der Waals surface area contributed by atoms with Crippen LogP contribution in [0, 0.1) is 29.4 Å². The lowest BCUT2D eigenvalue weighted by atomic mass is 9.95. The first kappa shape index (κ1) is 48.1. The number of unbranched alkanes of at least 4 members (excludes halogenated alkanes) is 3. The maximum atomic E-state index is 16.9. The zero-order chi connectivity index (χ0) is 47.1. The molecule has 3 atom stereocenters. The molecule has 5 nitrogen and oxygen atoms in total. The number of fused-ring (bicyclic) bond motifs is 7. The van der Waals surface area contributed by atoms with E-state index < -0.39 is 0 Å². The van der Waals surface area contributed by atoms with E-state index >= 15 is 8.78 Å². The molecule has 0 aliphatic rings. The number of nitrogens with zero attached hydrogens (tertiary/aromatic N) is 5. The molecular formula is C54H59F2N5S7. The standard InChI is InChI=1S/C54H59F2N5S7/c1-7-13-16-30(10-4)23-33-19-21-40(62-33)35-25-37(55)45(49-47(35)57-67-59-49)42-27-39-52(64-42)54-51(61(39)29-32(12-6)18-15-9-3)53-44(66-54)28-43(65-53)46-38(56)26-36(48-50(46)60-68-58-48)41-22-20-34(63-41)24-31(11-5)17-14-8-2/h19-22,25-28,30-32H,7-18,23-24,29H2,1-6H3. The van der Waals surface area contributed by atoms with Crippen LogP contribution in [0.4, 0.5) is 8.78 Å². The van der Waals surface area contributed by atoms with Crippen LogP contribution in [0.15, 0.2) is 48.5 Å². The van der Waals surface area contributed by atoms with Gasteiger partial charge in [0.1, 0.15) is 33.7 Å². The lowest BCUT2D eigenvalue weighted by Gasteiger charge is -2.17. The fourth-order valence-electron chi connectivity index (χ4n) is 10.1. The first-order valence-corrected chi connectivity index (χ1v) is 30.4. The molecule has 0 N–H and O–H groups in total. The van der Waals surface area contributed by atoms with Crippen LogP contribution in [-0.2, 0) is 19.4 Å². The van der Waals surface area contributed by atoms with Gasteiger partial charge >= 0.3 is 0 Å². The summed E-state index contributed by atoms with van der Waals surface area (Å²) in [5, 5.41) is 0. The predicted octanol–water partition coefficient (Wildman–Crippen LogP) is 19.9. The lowest BCUT2D eigenvalue weighted by Crippen LogP contribution is -2.09. The summed E-state index contributed by atoms with van der Waals surface area (Å²) in [6.45, 7) is 14.5. The Kier molecular flexibility index (Phi) is 14.9. The molecule has 356 valence electrons. The Labute approximate surface area is 427 Å². The van der Waals surface area contributed by atoms with Crippen molar-refractivity contribution in [2.75, 3.05) is 0 Å². The van der Waals surface area contributed by atoms with Crippen molar-refractivity contribution in [3.05, 3.63) is 69.9 Å². The molecule has 0 aliphatic carbocycles. The van der Waals surface area contributed by atoms with E-state index in [9.17, 15) is 0 Å². The Morgan fingerprint density at radius 2 is 0.985 bits per heavy atom. The lowest BCUT2D eigenvalue weighted by molar-refractivity contribution is 0.401. The van der Waals surface area contributed by atoms with Gasteiger partial charge in [0.15, 0.2) is 0 Å². The van der Waals surface area contributed by atoms with Gasteiger partial charge in [0, 0.05) is 51.6 Å². The van der Waals surface area contributed by atoms with Crippen molar-refractivity contribution < 1.29 is 8.78 Å². The van der Waals surface area contributed by atoms with Gasteiger partial charge in [-0.25, -0.2) is 8.78 Å². The molecule has 3 unspecified atom stereocenters. The molecule has 0 aliphatic heterocycles. The Morgan fingerprint density at radius 1 is 0.500 bits per heavy atom. The highest BCUT2D eigenvalue weighted by molar-refractivity contribution is 7.37. The van der Waals surface area contributed by atoms with Crippen molar-refractivity contribution in [2.45, 2.75) is 138 Å². The maximum absolute atomic E-state index is 16.9. The smallest absolute Gasteiger partial charge is 0.134 e. The van der Waals surface area contributed by atoms with Gasteiger partial charge in [-0.2, -0.15) is 17.5 Å². The first-order chi connectivity index (χ1) is 33.2. The minimum absolute atomic E-state index is 0.259. The molecule has 10 aromatic rings. The van der Waals surface area contributed by atoms with Gasteiger partial charge < -0.3 is 4.57 Å². The molecule has 8 heterocycles. The highest BCUT2D eigenvalue weighted by Gasteiger charge is 2.28. The van der Waals surface area contributed by atoms with E-state index in [4.69, 9.17) is 17.5 Å². The molecule has 14 heteroatoms. The summed E-state index contributed by atoms with van der Waals surface area (Å²) < 4.78 is 59.9. The van der Waals surface area contributed by atoms with Crippen LogP contribution in [0.5, 0.6) is 0 Å². The van der Waals surface area contributed by atoms with E-state index in [0.717, 1.165) is 114 Å². The predicted molar refractivity (Wildman–Crippen MR) is 297 cm³/mol. The summed E-state index contributed by atoms with van der Waals surface area (Å²) >= 11 is 10.9. The van der Waals surface area contributed by atoms with E-state index in [1.807, 2.05) is 0 Å². The average Bonchev–Trinajstić information content (AvgIpc) is 4.20. The summed E-state index contributed by atoms with van der Waals surface area (Å²) in [6.07, 6.45) is 16.4. The van der Waals surface area contributed by atoms with E-state index in [1.165, 1.54) is 87.2 Å². The van der Waals surface area contributed by atoms with Crippen molar-refractivity contribution in [1.82, 2.24) is 22.1 Å². The topological polar surface area (TPSA) is 56.5 Å². The van der Waals surface area contributed by atoms with Crippen molar-refractivity contribution in [2.24, 2.45) is 17.8 Å². The molecule has 0 spiro atoms. The van der Waals surface area contributed by atoms with E-state index in [0.29, 0.717) is 39.9 Å². The molecule has 0 radical (unpaired) electrons. The van der Waals surface area contributed by atoms with Gasteiger partial charge in [0.2, 0.25) is 0 Å². The Hall–Kier alpha value is -3.50. The number of hydrogen-bond acceptors (Lipinski definition) is 11. The highest BCUT2D eigenvalue weighted by atomic mass is 32.1. The molecule has 0 bridgehead atoms. The monoisotopic (exact) mass is 1040 g/mol. The molecule has 68 heavy (non-hydrogen) atoms. The van der Waals surface area contributed by atoms with Crippen LogP contribution in [0.1, 0.15) is 128 Å². The molecule has 0 saturated heterocycles. The Balaban J connectivity index is 1.03. The summed E-state index contributed by atoms with van der Waals surface area (Å²) in [5.41, 5.74) is 7.86. The molecule has 2 aromatic carbocycles. The first-order valence-electron chi connectivity index (χ1n) is 24.8.